The Hall–Kier alpha value is -2.00. The van der Waals surface area contributed by atoms with Gasteiger partial charge < -0.3 is 10.2 Å². The molecular formula is C16H22N4O4S. The van der Waals surface area contributed by atoms with Crippen molar-refractivity contribution in [3.05, 3.63) is 24.5 Å². The number of carbonyl (C=O) groups is 1. The largest absolute Gasteiger partial charge is 0.387 e. The molecule has 1 aromatic heterocycles. The Bertz CT molecular complexity index is 766. The van der Waals surface area contributed by atoms with Crippen LogP contribution in [0.1, 0.15) is 32.6 Å². The minimum atomic E-state index is -3.28. The molecule has 136 valence electrons. The number of rotatable bonds is 6. The van der Waals surface area contributed by atoms with Crippen molar-refractivity contribution < 1.29 is 18.0 Å². The average Bonchev–Trinajstić information content (AvgIpc) is 3.22. The van der Waals surface area contributed by atoms with Crippen LogP contribution in [0.2, 0.25) is 0 Å². The first kappa shape index (κ1) is 17.8. The summed E-state index contributed by atoms with van der Waals surface area (Å²) in [6, 6.07) is 3.45. The van der Waals surface area contributed by atoms with Gasteiger partial charge >= 0.3 is 0 Å². The lowest BCUT2D eigenvalue weighted by molar-refractivity contribution is -0.110. The van der Waals surface area contributed by atoms with Crippen LogP contribution < -0.4 is 5.32 Å². The third-order valence-electron chi connectivity index (χ3n) is 4.45. The van der Waals surface area contributed by atoms with Gasteiger partial charge in [-0.25, -0.2) is 8.42 Å². The van der Waals surface area contributed by atoms with Crippen molar-refractivity contribution in [3.63, 3.8) is 0 Å². The third-order valence-corrected chi connectivity index (χ3v) is 6.35. The molecule has 2 aliphatic heterocycles. The number of amides is 1. The monoisotopic (exact) mass is 366 g/mol. The molecule has 0 aromatic carbocycles. The van der Waals surface area contributed by atoms with Gasteiger partial charge in [-0.2, -0.15) is 4.31 Å². The van der Waals surface area contributed by atoms with E-state index in [1.165, 1.54) is 4.31 Å². The smallest absolute Gasteiger partial charge is 0.273 e. The fourth-order valence-electron chi connectivity index (χ4n) is 3.00. The van der Waals surface area contributed by atoms with Crippen molar-refractivity contribution in [2.24, 2.45) is 5.16 Å². The Morgan fingerprint density at radius 1 is 1.48 bits per heavy atom. The summed E-state index contributed by atoms with van der Waals surface area (Å²) in [4.78, 5) is 21.7. The van der Waals surface area contributed by atoms with E-state index in [0.29, 0.717) is 31.5 Å². The van der Waals surface area contributed by atoms with Gasteiger partial charge in [0.05, 0.1) is 24.2 Å². The zero-order valence-corrected chi connectivity index (χ0v) is 15.0. The van der Waals surface area contributed by atoms with E-state index in [1.54, 1.807) is 24.5 Å². The Kier molecular flexibility index (Phi) is 5.05. The van der Waals surface area contributed by atoms with Gasteiger partial charge in [0.2, 0.25) is 10.0 Å². The van der Waals surface area contributed by atoms with E-state index in [9.17, 15) is 13.2 Å². The number of carbonyl (C=O) groups excluding carboxylic acids is 1. The van der Waals surface area contributed by atoms with Crippen LogP contribution in [0.25, 0.3) is 0 Å². The highest BCUT2D eigenvalue weighted by atomic mass is 32.2. The van der Waals surface area contributed by atoms with E-state index in [4.69, 9.17) is 4.84 Å². The molecule has 9 heteroatoms. The molecule has 1 saturated heterocycles. The quantitative estimate of drug-likeness (QED) is 0.819. The zero-order chi connectivity index (χ0) is 17.9. The van der Waals surface area contributed by atoms with E-state index in [-0.39, 0.29) is 23.9 Å². The molecule has 1 spiro atoms. The number of aromatic nitrogens is 1. The topological polar surface area (TPSA) is 101 Å². The lowest BCUT2D eigenvalue weighted by Gasteiger charge is -2.21. The van der Waals surface area contributed by atoms with Crippen molar-refractivity contribution in [1.82, 2.24) is 9.29 Å². The number of unbranched alkanes of at least 4 members (excludes halogenated alkanes) is 1. The highest BCUT2D eigenvalue weighted by molar-refractivity contribution is 7.89. The first-order valence-corrected chi connectivity index (χ1v) is 9.99. The van der Waals surface area contributed by atoms with Gasteiger partial charge in [-0.15, -0.1) is 0 Å². The number of oxime groups is 1. The SMILES string of the molecule is CCCCS(=O)(=O)N1CCC2(CC(C(=O)Nc3cccnc3)=NO2)C1. The van der Waals surface area contributed by atoms with Gasteiger partial charge in [0.15, 0.2) is 5.60 Å². The first-order valence-electron chi connectivity index (χ1n) is 8.38. The van der Waals surface area contributed by atoms with E-state index in [2.05, 4.69) is 15.5 Å². The molecule has 0 radical (unpaired) electrons. The normalized spacial score (nSPS) is 23.5. The predicted molar refractivity (Wildman–Crippen MR) is 93.6 cm³/mol. The maximum absolute atomic E-state index is 12.3. The minimum absolute atomic E-state index is 0.148. The molecule has 1 N–H and O–H groups in total. The van der Waals surface area contributed by atoms with Gasteiger partial charge in [-0.3, -0.25) is 9.78 Å². The van der Waals surface area contributed by atoms with Gasteiger partial charge in [0, 0.05) is 25.6 Å². The summed E-state index contributed by atoms with van der Waals surface area (Å²) in [5.74, 6) is -0.202. The molecule has 1 atom stereocenters. The van der Waals surface area contributed by atoms with Gasteiger partial charge in [-0.05, 0) is 18.6 Å². The number of nitrogens with zero attached hydrogens (tertiary/aromatic N) is 3. The molecule has 0 aliphatic carbocycles. The second kappa shape index (κ2) is 7.09. The first-order chi connectivity index (χ1) is 11.9. The fourth-order valence-corrected chi connectivity index (χ4v) is 4.72. The van der Waals surface area contributed by atoms with Crippen LogP contribution in [-0.2, 0) is 19.7 Å². The summed E-state index contributed by atoms with van der Waals surface area (Å²) in [5.41, 5.74) is 0.129. The zero-order valence-electron chi connectivity index (χ0n) is 14.1. The van der Waals surface area contributed by atoms with Gasteiger partial charge in [0.25, 0.3) is 5.91 Å². The Balaban J connectivity index is 1.59. The average molecular weight is 366 g/mol. The van der Waals surface area contributed by atoms with Crippen LogP contribution in [0.3, 0.4) is 0 Å². The molecule has 3 rings (SSSR count). The number of pyridine rings is 1. The number of hydrogen-bond donors (Lipinski definition) is 1. The molecule has 1 fully saturated rings. The van der Waals surface area contributed by atoms with Crippen molar-refractivity contribution >= 4 is 27.3 Å². The van der Waals surface area contributed by atoms with E-state index in [1.807, 2.05) is 6.92 Å². The molecular weight excluding hydrogens is 344 g/mol. The van der Waals surface area contributed by atoms with Crippen LogP contribution in [0.15, 0.2) is 29.7 Å². The van der Waals surface area contributed by atoms with Crippen molar-refractivity contribution in [2.45, 2.75) is 38.2 Å². The standard InChI is InChI=1S/C16H22N4O4S/c1-2-3-9-25(22,23)20-8-6-16(12-20)10-14(19-24-16)15(21)18-13-5-4-7-17-11-13/h4-5,7,11H,2-3,6,8-10,12H2,1H3,(H,18,21). The maximum atomic E-state index is 12.3. The van der Waals surface area contributed by atoms with Crippen molar-refractivity contribution in [1.29, 1.82) is 0 Å². The van der Waals surface area contributed by atoms with Crippen LogP contribution in [-0.4, -0.2) is 53.8 Å². The summed E-state index contributed by atoms with van der Waals surface area (Å²) in [6.45, 7) is 2.60. The molecule has 1 amide bonds. The van der Waals surface area contributed by atoms with E-state index in [0.717, 1.165) is 6.42 Å². The van der Waals surface area contributed by atoms with Crippen molar-refractivity contribution in [2.75, 3.05) is 24.2 Å². The molecule has 1 unspecified atom stereocenters. The number of hydrogen-bond acceptors (Lipinski definition) is 6. The van der Waals surface area contributed by atoms with Gasteiger partial charge in [0.1, 0.15) is 5.71 Å². The van der Waals surface area contributed by atoms with Crippen LogP contribution in [0.5, 0.6) is 0 Å². The molecule has 1 aromatic rings. The number of anilines is 1. The Labute approximate surface area is 147 Å². The molecule has 25 heavy (non-hydrogen) atoms. The second-order valence-electron chi connectivity index (χ2n) is 6.44. The molecule has 0 saturated carbocycles. The molecule has 8 nitrogen and oxygen atoms in total. The maximum Gasteiger partial charge on any atom is 0.273 e. The second-order valence-corrected chi connectivity index (χ2v) is 8.53. The number of nitrogens with one attached hydrogen (secondary N) is 1. The van der Waals surface area contributed by atoms with Crippen molar-refractivity contribution in [3.8, 4) is 0 Å². The van der Waals surface area contributed by atoms with Crippen LogP contribution in [0, 0.1) is 0 Å². The van der Waals surface area contributed by atoms with Gasteiger partial charge in [-0.1, -0.05) is 18.5 Å². The molecule has 3 heterocycles. The number of sulfonamides is 1. The molecule has 0 bridgehead atoms. The Morgan fingerprint density at radius 2 is 2.32 bits per heavy atom. The highest BCUT2D eigenvalue weighted by Crippen LogP contribution is 2.35. The summed E-state index contributed by atoms with van der Waals surface area (Å²) < 4.78 is 26.1. The van der Waals surface area contributed by atoms with Crippen LogP contribution in [0.4, 0.5) is 5.69 Å². The summed E-state index contributed by atoms with van der Waals surface area (Å²) >= 11 is 0. The lowest BCUT2D eigenvalue weighted by atomic mass is 9.96. The molecule has 2 aliphatic rings. The summed E-state index contributed by atoms with van der Waals surface area (Å²) in [6.07, 6.45) is 5.47. The van der Waals surface area contributed by atoms with E-state index >= 15 is 0 Å². The summed E-state index contributed by atoms with van der Waals surface area (Å²) in [5, 5.41) is 6.62. The fraction of sp³-hybridized carbons (Fsp3) is 0.562. The highest BCUT2D eigenvalue weighted by Gasteiger charge is 2.49. The van der Waals surface area contributed by atoms with Crippen LogP contribution >= 0.6 is 0 Å². The predicted octanol–water partition coefficient (Wildman–Crippen LogP) is 1.37. The lowest BCUT2D eigenvalue weighted by Crippen LogP contribution is -2.38. The Morgan fingerprint density at radius 3 is 3.04 bits per heavy atom. The van der Waals surface area contributed by atoms with E-state index < -0.39 is 15.6 Å². The summed E-state index contributed by atoms with van der Waals surface area (Å²) in [7, 11) is -3.28. The third kappa shape index (κ3) is 3.98. The minimum Gasteiger partial charge on any atom is -0.387 e.